The van der Waals surface area contributed by atoms with Gasteiger partial charge in [0.2, 0.25) is 0 Å². The van der Waals surface area contributed by atoms with E-state index < -0.39 is 0 Å². The fourth-order valence-corrected chi connectivity index (χ4v) is 16.9. The molecule has 0 spiro atoms. The van der Waals surface area contributed by atoms with Crippen LogP contribution in [0.4, 0.5) is 68.2 Å². The van der Waals surface area contributed by atoms with E-state index in [2.05, 4.69) is 199 Å². The van der Waals surface area contributed by atoms with E-state index in [1.807, 2.05) is 42.5 Å². The molecule has 4 heterocycles. The molecule has 4 aliphatic heterocycles. The van der Waals surface area contributed by atoms with E-state index in [-0.39, 0.29) is 46.6 Å². The van der Waals surface area contributed by atoms with Crippen LogP contribution in [0.2, 0.25) is 0 Å². The van der Waals surface area contributed by atoms with Crippen molar-refractivity contribution < 1.29 is 77.5 Å². The van der Waals surface area contributed by atoms with E-state index in [1.165, 1.54) is 105 Å². The van der Waals surface area contributed by atoms with Crippen molar-refractivity contribution in [2.45, 2.75) is 214 Å². The second-order valence-corrected chi connectivity index (χ2v) is 37.7. The first-order valence-electron chi connectivity index (χ1n) is 49.5. The van der Waals surface area contributed by atoms with E-state index in [1.54, 1.807) is 123 Å². The molecule has 8 N–H and O–H groups in total. The van der Waals surface area contributed by atoms with Gasteiger partial charge in [0.05, 0.1) is 125 Å². The quantitative estimate of drug-likeness (QED) is 0.0101. The summed E-state index contributed by atoms with van der Waals surface area (Å²) in [5.74, 6) is 3.48. The number of phenolic OH excluding ortho intramolecular Hbond substituents is 4. The number of para-hydroxylation sites is 4. The van der Waals surface area contributed by atoms with Gasteiger partial charge in [-0.15, -0.1) is 0 Å². The lowest BCUT2D eigenvalue weighted by Crippen LogP contribution is -2.30. The summed E-state index contributed by atoms with van der Waals surface area (Å²) in [5, 5.41) is 54.7. The number of rotatable bonds is 40. The predicted molar refractivity (Wildman–Crippen MR) is 592 cm³/mol. The van der Waals surface area contributed by atoms with E-state index in [0.29, 0.717) is 163 Å². The maximum atomic E-state index is 13.8. The van der Waals surface area contributed by atoms with Gasteiger partial charge in [0.25, 0.3) is 23.6 Å². The number of hydrogen-bond donors (Lipinski definition) is 8. The molecule has 4 amide bonds. The van der Waals surface area contributed by atoms with E-state index in [4.69, 9.17) is 37.9 Å². The van der Waals surface area contributed by atoms with Crippen LogP contribution in [0, 0.1) is 0 Å². The van der Waals surface area contributed by atoms with Gasteiger partial charge in [0.15, 0.2) is 0 Å². The summed E-state index contributed by atoms with van der Waals surface area (Å²) < 4.78 is 44.3. The average Bonchev–Trinajstić information content (AvgIpc) is 1.63. The van der Waals surface area contributed by atoms with Gasteiger partial charge in [-0.25, -0.2) is 0 Å². The number of anilines is 12. The molecular weight excluding hydrogens is 1810 g/mol. The molecule has 24 heteroatoms. The number of carbonyl (C=O) groups is 4. The molecule has 0 aliphatic carbocycles. The van der Waals surface area contributed by atoms with Crippen molar-refractivity contribution in [3.8, 4) is 69.0 Å². The Morgan fingerprint density at radius 3 is 0.701 bits per heavy atom. The average molecular weight is 1960 g/mol. The minimum atomic E-state index is -0.270. The molecule has 0 saturated heterocycles. The Kier molecular flexibility index (Phi) is 43.6. The fraction of sp³-hybridized carbons (Fsp3) is 0.367. The minimum Gasteiger partial charge on any atom is -0.508 e. The Morgan fingerprint density at radius 1 is 0.243 bits per heavy atom. The number of fused-ring (bicyclic) bond motifs is 8. The summed E-state index contributed by atoms with van der Waals surface area (Å²) >= 11 is 0. The van der Waals surface area contributed by atoms with Gasteiger partial charge >= 0.3 is 0 Å². The van der Waals surface area contributed by atoms with Gasteiger partial charge in [-0.1, -0.05) is 164 Å². The number of nitrogens with one attached hydrogen (secondary N) is 4. The second kappa shape index (κ2) is 55.7. The molecule has 0 saturated carbocycles. The molecule has 8 aromatic rings. The number of aromatic hydroxyl groups is 4. The summed E-state index contributed by atoms with van der Waals surface area (Å²) in [6.45, 7) is 35.6. The number of allylic oxidation sites excluding steroid dienone is 20. The van der Waals surface area contributed by atoms with Crippen LogP contribution in [0.3, 0.4) is 0 Å². The van der Waals surface area contributed by atoms with E-state index in [0.717, 1.165) is 103 Å². The van der Waals surface area contributed by atoms with Crippen molar-refractivity contribution in [2.75, 3.05) is 124 Å². The topological polar surface area (TPSA) is 284 Å². The van der Waals surface area contributed by atoms with Crippen molar-refractivity contribution in [3.63, 3.8) is 0 Å². The highest BCUT2D eigenvalue weighted by molar-refractivity contribution is 6.19. The fourth-order valence-electron chi connectivity index (χ4n) is 16.9. The number of hydrogen-bond acceptors (Lipinski definition) is 20. The number of phenols is 4. The van der Waals surface area contributed by atoms with Crippen molar-refractivity contribution in [1.82, 2.24) is 0 Å². The highest BCUT2D eigenvalue weighted by Gasteiger charge is 2.36. The van der Waals surface area contributed by atoms with Crippen molar-refractivity contribution >= 4 is 91.9 Å². The third-order valence-corrected chi connectivity index (χ3v) is 25.2. The molecule has 0 unspecified atom stereocenters. The maximum absolute atomic E-state index is 13.8. The Bertz CT molecular complexity index is 6250. The number of benzene rings is 8. The molecule has 0 radical (unpaired) electrons. The van der Waals surface area contributed by atoms with Gasteiger partial charge in [-0.3, -0.25) is 19.2 Å². The normalized spacial score (nSPS) is 13.4. The summed E-state index contributed by atoms with van der Waals surface area (Å²) in [6, 6.07) is 34.0. The zero-order chi connectivity index (χ0) is 105. The lowest BCUT2D eigenvalue weighted by Gasteiger charge is -2.23. The first-order chi connectivity index (χ1) is 69.0. The summed E-state index contributed by atoms with van der Waals surface area (Å²) in [4.78, 5) is 61.5. The summed E-state index contributed by atoms with van der Waals surface area (Å²) in [5.41, 5.74) is 24.3. The monoisotopic (exact) mass is 1960 g/mol. The van der Waals surface area contributed by atoms with Crippen LogP contribution < -0.4 is 78.8 Å². The molecule has 0 bridgehead atoms. The van der Waals surface area contributed by atoms with Crippen molar-refractivity contribution in [3.05, 3.63) is 283 Å². The van der Waals surface area contributed by atoms with Crippen LogP contribution in [-0.2, 0) is 0 Å². The lowest BCUT2D eigenvalue weighted by molar-refractivity contribution is 0.0983. The second-order valence-electron chi connectivity index (χ2n) is 37.7. The van der Waals surface area contributed by atoms with Gasteiger partial charge in [-0.2, -0.15) is 0 Å². The third kappa shape index (κ3) is 31.7. The van der Waals surface area contributed by atoms with Crippen molar-refractivity contribution in [1.29, 1.82) is 0 Å². The Balaban J connectivity index is 0.000000214. The highest BCUT2D eigenvalue weighted by Crippen LogP contribution is 2.52. The molecule has 24 nitrogen and oxygen atoms in total. The number of ether oxygens (including phenoxy) is 8. The van der Waals surface area contributed by atoms with Crippen LogP contribution >= 0.6 is 0 Å². The smallest absolute Gasteiger partial charge is 0.260 e. The number of methoxy groups -OCH3 is 8. The zero-order valence-corrected chi connectivity index (χ0v) is 89.1. The Hall–Kier alpha value is -14.7. The van der Waals surface area contributed by atoms with Gasteiger partial charge in [-0.05, 0) is 262 Å². The van der Waals surface area contributed by atoms with Crippen LogP contribution in [0.15, 0.2) is 261 Å². The SMILES string of the molecule is COc1cc(O)cc2c1Nc1c(O)cccc1C(=O)N2C/C=C(\C)CC/C=C(\C)CCC=C(C)C.COc1cc(OC)c2c(c1)N(C/C=C(\C)CC/C=C(\C)CCC=C(C)C)C(=O)c1cccc(O)c1N2.COc1cc(OC)c2c(c1)N(C/C=C(\C)CC/C=C(\C)CCC=C(C)C)C(=O)c1cccc(OC)c1N2.COc1cccc2c1Nc1c(OC)cc(O)cc1N(C/C=C(\C)CC/C=C(\C)CCC=C(C)C)C2=O. The zero-order valence-electron chi connectivity index (χ0n) is 89.1. The number of amides is 4. The number of carbonyl (C=O) groups excluding carboxylic acids is 4. The maximum Gasteiger partial charge on any atom is 0.260 e. The first kappa shape index (κ1) is 113. The summed E-state index contributed by atoms with van der Waals surface area (Å²) in [7, 11) is 12.6. The van der Waals surface area contributed by atoms with Crippen LogP contribution in [0.5, 0.6) is 69.0 Å². The molecular formula is C120H152N8O16. The summed E-state index contributed by atoms with van der Waals surface area (Å²) in [6.07, 6.45) is 42.8. The molecule has 4 aliphatic rings. The highest BCUT2D eigenvalue weighted by atomic mass is 16.5. The van der Waals surface area contributed by atoms with Gasteiger partial charge in [0.1, 0.15) is 91.7 Å². The molecule has 0 aromatic heterocycles. The minimum absolute atomic E-state index is 0.00462. The molecule has 8 aromatic carbocycles. The third-order valence-electron chi connectivity index (χ3n) is 25.2. The Morgan fingerprint density at radius 2 is 0.458 bits per heavy atom. The molecule has 0 atom stereocenters. The number of nitrogens with zero attached hydrogens (tertiary/aromatic N) is 4. The Labute approximate surface area is 854 Å². The standard InChI is InChI=1S/C31H40N2O4.2C30H38N2O4.C29H36N2O4/c1-21(2)11-8-12-22(3)13-9-14-23(4)17-18-33-26-19-24(35-5)20-28(37-7)30(26)32-29-25(31(33)34)15-10-16-27(29)36-6;1-20(2)10-7-11-21(3)12-8-13-22(4)16-17-32-25-18-23(35-5)19-27(36-6)29(25)31-28-24(30(32)34)14-9-15-26(28)33;1-20(2)10-7-11-21(3)12-8-13-22(4)16-17-32-25-18-23(33)19-27(36-6)29(25)31-28-24(30(32)34)14-9-15-26(28)35-5;1-19(2)9-6-10-20(3)11-7-12-21(4)15-16-31-24-17-22(32)18-26(35-5)28(24)30-27-23(29(31)34)13-8-14-25(27)33/h10-11,13,15-17,19-20,32H,8-9,12,14,18H2,1-7H3;2*9-10,12,14-16,18-19,31,33H,7-8,11,13,17H2,1-6H3;8-9,11,13-15,17-18,30,32-33H,6-7,10,12,16H2,1-5H3/b22-13+,23-17+;2*21-12+,22-16+;20-11+,21-15+. The molecule has 144 heavy (non-hydrogen) atoms. The van der Waals surface area contributed by atoms with E-state index in [9.17, 15) is 39.6 Å². The van der Waals surface area contributed by atoms with E-state index >= 15 is 0 Å². The predicted octanol–water partition coefficient (Wildman–Crippen LogP) is 30.1. The molecule has 768 valence electrons. The van der Waals surface area contributed by atoms with Gasteiger partial charge in [0, 0.05) is 74.7 Å². The molecule has 0 fully saturated rings. The van der Waals surface area contributed by atoms with Crippen LogP contribution in [0.25, 0.3) is 0 Å². The molecule has 12 rings (SSSR count). The lowest BCUT2D eigenvalue weighted by atomic mass is 10.1. The van der Waals surface area contributed by atoms with Gasteiger partial charge < -0.3 is 99.2 Å². The van der Waals surface area contributed by atoms with Crippen molar-refractivity contribution in [2.24, 2.45) is 0 Å². The van der Waals surface area contributed by atoms with Crippen LogP contribution in [-0.4, -0.2) is 127 Å². The first-order valence-corrected chi connectivity index (χ1v) is 49.5. The van der Waals surface area contributed by atoms with Crippen LogP contribution in [0.1, 0.15) is 255 Å². The largest absolute Gasteiger partial charge is 0.508 e.